The fourth-order valence-electron chi connectivity index (χ4n) is 0.645. The van der Waals surface area contributed by atoms with E-state index in [2.05, 4.69) is 4.98 Å². The van der Waals surface area contributed by atoms with Crippen LogP contribution in [-0.2, 0) is 0 Å². The molecular formula is C6H7F2NOS. The zero-order valence-corrected chi connectivity index (χ0v) is 6.61. The molecule has 1 unspecified atom stereocenters. The maximum absolute atomic E-state index is 11.8. The summed E-state index contributed by atoms with van der Waals surface area (Å²) in [4.78, 5) is 3.72. The number of halogens is 2. The minimum absolute atomic E-state index is 0.0579. The molecule has 0 aliphatic heterocycles. The zero-order chi connectivity index (χ0) is 8.43. The lowest BCUT2D eigenvalue weighted by Gasteiger charge is -2.03. The molecule has 1 rings (SSSR count). The van der Waals surface area contributed by atoms with Gasteiger partial charge in [-0.15, -0.1) is 11.3 Å². The van der Waals surface area contributed by atoms with Crippen LogP contribution in [-0.4, -0.2) is 16.5 Å². The van der Waals surface area contributed by atoms with Gasteiger partial charge in [0.15, 0.2) is 6.10 Å². The molecule has 0 aliphatic carbocycles. The topological polar surface area (TPSA) is 33.1 Å². The number of hydrogen-bond acceptors (Lipinski definition) is 3. The van der Waals surface area contributed by atoms with Crippen LogP contribution in [0.4, 0.5) is 8.78 Å². The molecule has 0 saturated carbocycles. The predicted octanol–water partition coefficient (Wildman–Crippen LogP) is 1.75. The van der Waals surface area contributed by atoms with Gasteiger partial charge in [-0.1, -0.05) is 0 Å². The second kappa shape index (κ2) is 3.23. The van der Waals surface area contributed by atoms with Gasteiger partial charge < -0.3 is 5.11 Å². The lowest BCUT2D eigenvalue weighted by atomic mass is 10.3. The number of aliphatic hydroxyl groups excluding tert-OH is 1. The third kappa shape index (κ3) is 1.94. The first-order valence-electron chi connectivity index (χ1n) is 2.99. The van der Waals surface area contributed by atoms with E-state index < -0.39 is 12.5 Å². The Bertz CT molecular complexity index is 238. The van der Waals surface area contributed by atoms with Crippen molar-refractivity contribution in [3.63, 3.8) is 0 Å². The molecule has 0 radical (unpaired) electrons. The van der Waals surface area contributed by atoms with E-state index in [0.29, 0.717) is 5.01 Å². The average Bonchev–Trinajstić information content (AvgIpc) is 2.34. The number of thiazole rings is 1. The Hall–Kier alpha value is -0.550. The molecule has 0 bridgehead atoms. The van der Waals surface area contributed by atoms with Crippen molar-refractivity contribution in [3.8, 4) is 0 Å². The molecule has 0 aromatic carbocycles. The first-order valence-corrected chi connectivity index (χ1v) is 3.87. The van der Waals surface area contributed by atoms with Gasteiger partial charge in [-0.3, -0.25) is 0 Å². The molecule has 1 atom stereocenters. The molecule has 0 aliphatic rings. The number of hydrogen-bond donors (Lipinski definition) is 1. The molecule has 1 aromatic rings. The van der Waals surface area contributed by atoms with E-state index in [1.807, 2.05) is 0 Å². The standard InChI is InChI=1S/C6H7F2NOS/c1-3-9-4(2-11-3)5(10)6(7)8/h2,5-6,10H,1H3. The molecule has 0 saturated heterocycles. The van der Waals surface area contributed by atoms with E-state index in [0.717, 1.165) is 0 Å². The normalized spacial score (nSPS) is 13.9. The highest BCUT2D eigenvalue weighted by molar-refractivity contribution is 7.09. The molecule has 2 nitrogen and oxygen atoms in total. The lowest BCUT2D eigenvalue weighted by molar-refractivity contribution is -0.00791. The summed E-state index contributed by atoms with van der Waals surface area (Å²) < 4.78 is 23.7. The van der Waals surface area contributed by atoms with Gasteiger partial charge in [-0.25, -0.2) is 13.8 Å². The van der Waals surface area contributed by atoms with Gasteiger partial charge in [-0.05, 0) is 6.92 Å². The molecular weight excluding hydrogens is 172 g/mol. The predicted molar refractivity (Wildman–Crippen MR) is 37.8 cm³/mol. The van der Waals surface area contributed by atoms with E-state index in [9.17, 15) is 8.78 Å². The maximum atomic E-state index is 11.8. The van der Waals surface area contributed by atoms with Gasteiger partial charge in [0.25, 0.3) is 6.43 Å². The Morgan fingerprint density at radius 2 is 2.27 bits per heavy atom. The summed E-state index contributed by atoms with van der Waals surface area (Å²) in [6.07, 6.45) is -4.49. The van der Waals surface area contributed by atoms with Gasteiger partial charge in [0.05, 0.1) is 10.7 Å². The molecule has 5 heteroatoms. The summed E-state index contributed by atoms with van der Waals surface area (Å²) in [6.45, 7) is 1.70. The summed E-state index contributed by atoms with van der Waals surface area (Å²) in [5, 5.41) is 10.9. The molecule has 1 aromatic heterocycles. The highest BCUT2D eigenvalue weighted by Gasteiger charge is 2.20. The fraction of sp³-hybridized carbons (Fsp3) is 0.500. The summed E-state index contributed by atoms with van der Waals surface area (Å²) >= 11 is 1.25. The summed E-state index contributed by atoms with van der Waals surface area (Å²) in [7, 11) is 0. The highest BCUT2D eigenvalue weighted by atomic mass is 32.1. The number of aromatic nitrogens is 1. The fourth-order valence-corrected chi connectivity index (χ4v) is 1.29. The van der Waals surface area contributed by atoms with E-state index in [1.54, 1.807) is 6.92 Å². The third-order valence-electron chi connectivity index (χ3n) is 1.18. The number of aryl methyl sites for hydroxylation is 1. The van der Waals surface area contributed by atoms with Gasteiger partial charge in [0, 0.05) is 5.38 Å². The summed E-state index contributed by atoms with van der Waals surface area (Å²) in [5.41, 5.74) is 0.0579. The second-order valence-electron chi connectivity index (χ2n) is 2.07. The van der Waals surface area contributed by atoms with Gasteiger partial charge in [0.1, 0.15) is 0 Å². The van der Waals surface area contributed by atoms with Gasteiger partial charge in [0.2, 0.25) is 0 Å². The first kappa shape index (κ1) is 8.55. The Kier molecular flexibility index (Phi) is 2.51. The van der Waals surface area contributed by atoms with E-state index in [4.69, 9.17) is 5.11 Å². The van der Waals surface area contributed by atoms with Crippen molar-refractivity contribution in [1.82, 2.24) is 4.98 Å². The molecule has 0 fully saturated rings. The summed E-state index contributed by atoms with van der Waals surface area (Å²) in [5.74, 6) is 0. The SMILES string of the molecule is Cc1nc(C(O)C(F)F)cs1. The number of alkyl halides is 2. The third-order valence-corrected chi connectivity index (χ3v) is 1.97. The van der Waals surface area contributed by atoms with Crippen molar-refractivity contribution in [2.75, 3.05) is 0 Å². The van der Waals surface area contributed by atoms with Crippen LogP contribution in [0.2, 0.25) is 0 Å². The second-order valence-corrected chi connectivity index (χ2v) is 3.13. The molecule has 1 heterocycles. The van der Waals surface area contributed by atoms with Crippen LogP contribution in [0.5, 0.6) is 0 Å². The van der Waals surface area contributed by atoms with Crippen molar-refractivity contribution in [1.29, 1.82) is 0 Å². The Morgan fingerprint density at radius 1 is 1.64 bits per heavy atom. The zero-order valence-electron chi connectivity index (χ0n) is 5.79. The smallest absolute Gasteiger partial charge is 0.269 e. The van der Waals surface area contributed by atoms with Crippen LogP contribution in [0, 0.1) is 6.92 Å². The minimum Gasteiger partial charge on any atom is -0.381 e. The van der Waals surface area contributed by atoms with Gasteiger partial charge >= 0.3 is 0 Å². The number of aliphatic hydroxyl groups is 1. The highest BCUT2D eigenvalue weighted by Crippen LogP contribution is 2.21. The van der Waals surface area contributed by atoms with Crippen molar-refractivity contribution in [3.05, 3.63) is 16.1 Å². The summed E-state index contributed by atoms with van der Waals surface area (Å²) in [6, 6.07) is 0. The first-order chi connectivity index (χ1) is 5.11. The van der Waals surface area contributed by atoms with Crippen molar-refractivity contribution in [2.24, 2.45) is 0 Å². The molecule has 11 heavy (non-hydrogen) atoms. The Balaban J connectivity index is 2.76. The molecule has 0 spiro atoms. The number of rotatable bonds is 2. The minimum atomic E-state index is -2.75. The van der Waals surface area contributed by atoms with E-state index in [-0.39, 0.29) is 5.69 Å². The number of nitrogens with zero attached hydrogens (tertiary/aromatic N) is 1. The Morgan fingerprint density at radius 3 is 2.64 bits per heavy atom. The van der Waals surface area contributed by atoms with Gasteiger partial charge in [-0.2, -0.15) is 0 Å². The molecule has 62 valence electrons. The average molecular weight is 179 g/mol. The van der Waals surface area contributed by atoms with Crippen LogP contribution < -0.4 is 0 Å². The molecule has 0 amide bonds. The van der Waals surface area contributed by atoms with Crippen LogP contribution in [0.3, 0.4) is 0 Å². The van der Waals surface area contributed by atoms with E-state index >= 15 is 0 Å². The molecule has 1 N–H and O–H groups in total. The van der Waals surface area contributed by atoms with Crippen molar-refractivity contribution >= 4 is 11.3 Å². The van der Waals surface area contributed by atoms with Crippen molar-refractivity contribution in [2.45, 2.75) is 19.5 Å². The quantitative estimate of drug-likeness (QED) is 0.750. The van der Waals surface area contributed by atoms with Crippen LogP contribution >= 0.6 is 11.3 Å². The van der Waals surface area contributed by atoms with Crippen molar-refractivity contribution < 1.29 is 13.9 Å². The Labute approximate surface area is 66.5 Å². The monoisotopic (exact) mass is 179 g/mol. The largest absolute Gasteiger partial charge is 0.381 e. The van der Waals surface area contributed by atoms with Crippen LogP contribution in [0.1, 0.15) is 16.8 Å². The van der Waals surface area contributed by atoms with E-state index in [1.165, 1.54) is 16.7 Å². The van der Waals surface area contributed by atoms with Crippen LogP contribution in [0.15, 0.2) is 5.38 Å². The van der Waals surface area contributed by atoms with Crippen LogP contribution in [0.25, 0.3) is 0 Å². The lowest BCUT2D eigenvalue weighted by Crippen LogP contribution is -2.08. The maximum Gasteiger partial charge on any atom is 0.269 e.